The lowest BCUT2D eigenvalue weighted by atomic mass is 9.94. The van der Waals surface area contributed by atoms with Crippen molar-refractivity contribution in [3.63, 3.8) is 0 Å². The molecule has 2 aromatic rings. The molecule has 0 unspecified atom stereocenters. The van der Waals surface area contributed by atoms with Gasteiger partial charge in [-0.1, -0.05) is 31.4 Å². The molecular weight excluding hydrogens is 400 g/mol. The number of nitrogens with zero attached hydrogens (tertiary/aromatic N) is 3. The van der Waals surface area contributed by atoms with E-state index in [1.54, 1.807) is 11.1 Å². The van der Waals surface area contributed by atoms with Crippen LogP contribution in [0.5, 0.6) is 0 Å². The van der Waals surface area contributed by atoms with E-state index in [0.29, 0.717) is 19.7 Å². The van der Waals surface area contributed by atoms with Crippen LogP contribution in [0.4, 0.5) is 8.78 Å². The maximum Gasteiger partial charge on any atom is 0.237 e. The van der Waals surface area contributed by atoms with Gasteiger partial charge in [0.25, 0.3) is 0 Å². The van der Waals surface area contributed by atoms with Crippen LogP contribution in [0.1, 0.15) is 43.4 Å². The van der Waals surface area contributed by atoms with Crippen LogP contribution in [-0.2, 0) is 22.7 Å². The molecule has 0 radical (unpaired) electrons. The second-order valence-corrected chi connectivity index (χ2v) is 8.46. The molecular formula is C24H29F2N3O2. The first-order chi connectivity index (χ1) is 15.1. The molecule has 0 N–H and O–H groups in total. The highest BCUT2D eigenvalue weighted by Gasteiger charge is 2.33. The number of benzene rings is 1. The summed E-state index contributed by atoms with van der Waals surface area (Å²) in [5.41, 5.74) is 0.805. The Morgan fingerprint density at radius 1 is 1.00 bits per heavy atom. The topological polar surface area (TPSA) is 45.7 Å². The Morgan fingerprint density at radius 2 is 1.77 bits per heavy atom. The van der Waals surface area contributed by atoms with Gasteiger partial charge in [-0.15, -0.1) is 0 Å². The predicted molar refractivity (Wildman–Crippen MR) is 113 cm³/mol. The van der Waals surface area contributed by atoms with E-state index >= 15 is 0 Å². The van der Waals surface area contributed by atoms with Crippen LogP contribution in [0, 0.1) is 11.6 Å². The average Bonchev–Trinajstić information content (AvgIpc) is 2.94. The fourth-order valence-electron chi connectivity index (χ4n) is 4.58. The Morgan fingerprint density at radius 3 is 2.48 bits per heavy atom. The molecule has 5 nitrogen and oxygen atoms in total. The number of hydrogen-bond acceptors (Lipinski definition) is 4. The van der Waals surface area contributed by atoms with Gasteiger partial charge in [-0.05, 0) is 37.1 Å². The Kier molecular flexibility index (Phi) is 7.25. The lowest BCUT2D eigenvalue weighted by molar-refractivity contribution is -0.135. The molecule has 2 fully saturated rings. The minimum absolute atomic E-state index is 0.00702. The zero-order valence-electron chi connectivity index (χ0n) is 17.7. The summed E-state index contributed by atoms with van der Waals surface area (Å²) in [7, 11) is 0. The summed E-state index contributed by atoms with van der Waals surface area (Å²) in [6, 6.07) is 9.72. The summed E-state index contributed by atoms with van der Waals surface area (Å²) >= 11 is 0. The van der Waals surface area contributed by atoms with Gasteiger partial charge in [-0.2, -0.15) is 0 Å². The quantitative estimate of drug-likeness (QED) is 0.698. The third-order valence-corrected chi connectivity index (χ3v) is 6.19. The molecule has 1 saturated heterocycles. The number of carbonyl (C=O) groups is 1. The normalized spacial score (nSPS) is 21.3. The molecule has 1 aromatic heterocycles. The lowest BCUT2D eigenvalue weighted by Gasteiger charge is -2.35. The van der Waals surface area contributed by atoms with E-state index in [1.807, 2.05) is 23.1 Å². The second-order valence-electron chi connectivity index (χ2n) is 8.46. The number of aromatic nitrogens is 1. The zero-order valence-corrected chi connectivity index (χ0v) is 17.7. The Labute approximate surface area is 182 Å². The molecule has 1 atom stereocenters. The van der Waals surface area contributed by atoms with E-state index < -0.39 is 11.6 Å². The first kappa shape index (κ1) is 21.8. The molecule has 4 rings (SSSR count). The van der Waals surface area contributed by atoms with Gasteiger partial charge < -0.3 is 9.64 Å². The molecule has 1 aliphatic carbocycles. The zero-order chi connectivity index (χ0) is 21.6. The van der Waals surface area contributed by atoms with Gasteiger partial charge in [0, 0.05) is 37.4 Å². The SMILES string of the molecule is O=C1CN(Cc2c(F)cccc2F)C[C@H](OCc2ccccn2)CN1C1CCCCC1. The minimum Gasteiger partial charge on any atom is -0.369 e. The first-order valence-electron chi connectivity index (χ1n) is 11.1. The molecule has 2 aliphatic rings. The molecule has 166 valence electrons. The standard InChI is InChI=1S/C24H29F2N3O2/c25-22-10-6-11-23(26)21(22)15-28-13-20(31-17-18-7-4-5-12-27-18)14-29(24(30)16-28)19-8-2-1-3-9-19/h4-7,10-12,19-20H,1-3,8-9,13-17H2/t20-/m0/s1. The third kappa shape index (κ3) is 5.66. The van der Waals surface area contributed by atoms with Crippen molar-refractivity contribution >= 4 is 5.91 Å². The predicted octanol–water partition coefficient (Wildman–Crippen LogP) is 3.92. The number of pyridine rings is 1. The van der Waals surface area contributed by atoms with Gasteiger partial charge in [0.05, 0.1) is 24.9 Å². The van der Waals surface area contributed by atoms with Crippen LogP contribution in [0.15, 0.2) is 42.6 Å². The van der Waals surface area contributed by atoms with Crippen LogP contribution in [-0.4, -0.2) is 52.5 Å². The van der Waals surface area contributed by atoms with E-state index in [9.17, 15) is 13.6 Å². The highest BCUT2D eigenvalue weighted by Crippen LogP contribution is 2.25. The molecule has 7 heteroatoms. The van der Waals surface area contributed by atoms with Crippen LogP contribution in [0.2, 0.25) is 0 Å². The lowest BCUT2D eigenvalue weighted by Crippen LogP contribution is -2.45. The van der Waals surface area contributed by atoms with Gasteiger partial charge in [0.15, 0.2) is 0 Å². The summed E-state index contributed by atoms with van der Waals surface area (Å²) in [6.07, 6.45) is 6.91. The Hall–Kier alpha value is -2.38. The average molecular weight is 430 g/mol. The van der Waals surface area contributed by atoms with Crippen molar-refractivity contribution in [2.45, 2.75) is 57.4 Å². The fraction of sp³-hybridized carbons (Fsp3) is 0.500. The van der Waals surface area contributed by atoms with Crippen LogP contribution in [0.25, 0.3) is 0 Å². The number of carbonyl (C=O) groups excluding carboxylic acids is 1. The molecule has 2 heterocycles. The number of hydrogen-bond donors (Lipinski definition) is 0. The van der Waals surface area contributed by atoms with Crippen LogP contribution < -0.4 is 0 Å². The van der Waals surface area contributed by atoms with Crippen molar-refractivity contribution < 1.29 is 18.3 Å². The summed E-state index contributed by atoms with van der Waals surface area (Å²) in [4.78, 5) is 21.2. The number of amides is 1. The molecule has 0 bridgehead atoms. The molecule has 1 aromatic carbocycles. The number of halogens is 2. The van der Waals surface area contributed by atoms with Gasteiger partial charge in [-0.3, -0.25) is 14.7 Å². The largest absolute Gasteiger partial charge is 0.369 e. The van der Waals surface area contributed by atoms with E-state index in [-0.39, 0.29) is 36.7 Å². The molecule has 31 heavy (non-hydrogen) atoms. The van der Waals surface area contributed by atoms with Gasteiger partial charge in [0.2, 0.25) is 5.91 Å². The van der Waals surface area contributed by atoms with Crippen molar-refractivity contribution in [1.82, 2.24) is 14.8 Å². The smallest absolute Gasteiger partial charge is 0.237 e. The summed E-state index contributed by atoms with van der Waals surface area (Å²) in [6.45, 7) is 1.42. The van der Waals surface area contributed by atoms with Crippen molar-refractivity contribution in [2.75, 3.05) is 19.6 Å². The van der Waals surface area contributed by atoms with Crippen molar-refractivity contribution in [1.29, 1.82) is 0 Å². The molecule has 1 amide bonds. The highest BCUT2D eigenvalue weighted by atomic mass is 19.1. The van der Waals surface area contributed by atoms with Crippen molar-refractivity contribution in [3.8, 4) is 0 Å². The van der Waals surface area contributed by atoms with Gasteiger partial charge >= 0.3 is 0 Å². The maximum atomic E-state index is 14.2. The van der Waals surface area contributed by atoms with E-state index in [2.05, 4.69) is 4.98 Å². The number of rotatable bonds is 6. The molecule has 1 saturated carbocycles. The highest BCUT2D eigenvalue weighted by molar-refractivity contribution is 5.79. The first-order valence-corrected chi connectivity index (χ1v) is 11.1. The minimum atomic E-state index is -0.591. The third-order valence-electron chi connectivity index (χ3n) is 6.19. The van der Waals surface area contributed by atoms with Crippen molar-refractivity contribution in [3.05, 3.63) is 65.5 Å². The van der Waals surface area contributed by atoms with E-state index in [4.69, 9.17) is 4.74 Å². The van der Waals surface area contributed by atoms with Crippen LogP contribution in [0.3, 0.4) is 0 Å². The summed E-state index contributed by atoms with van der Waals surface area (Å²) in [5, 5.41) is 0. The number of ether oxygens (including phenoxy) is 1. The molecule has 1 aliphatic heterocycles. The summed E-state index contributed by atoms with van der Waals surface area (Å²) < 4.78 is 34.6. The van der Waals surface area contributed by atoms with Gasteiger partial charge in [-0.25, -0.2) is 8.78 Å². The Bertz CT molecular complexity index is 854. The monoisotopic (exact) mass is 429 g/mol. The fourth-order valence-corrected chi connectivity index (χ4v) is 4.58. The van der Waals surface area contributed by atoms with E-state index in [0.717, 1.165) is 31.4 Å². The molecule has 0 spiro atoms. The van der Waals surface area contributed by atoms with Gasteiger partial charge in [0.1, 0.15) is 11.6 Å². The summed E-state index contributed by atoms with van der Waals surface area (Å²) in [5.74, 6) is -1.17. The second kappa shape index (κ2) is 10.3. The van der Waals surface area contributed by atoms with E-state index in [1.165, 1.54) is 24.6 Å². The van der Waals surface area contributed by atoms with Crippen LogP contribution >= 0.6 is 0 Å². The Balaban J connectivity index is 1.51. The maximum absolute atomic E-state index is 14.2. The van der Waals surface area contributed by atoms with Crippen molar-refractivity contribution in [2.24, 2.45) is 0 Å².